The van der Waals surface area contributed by atoms with Gasteiger partial charge in [0.1, 0.15) is 11.3 Å². The second-order valence-corrected chi connectivity index (χ2v) is 9.37. The fourth-order valence-corrected chi connectivity index (χ4v) is 4.80. The Morgan fingerprint density at radius 3 is 2.26 bits per heavy atom. The first-order chi connectivity index (χ1) is 18.8. The van der Waals surface area contributed by atoms with E-state index in [1.54, 1.807) is 37.3 Å². The van der Waals surface area contributed by atoms with E-state index in [0.29, 0.717) is 41.3 Å². The number of nitrogens with one attached hydrogen (secondary N) is 1. The number of methoxy groups -OCH3 is 2. The van der Waals surface area contributed by atoms with Gasteiger partial charge in [0.25, 0.3) is 11.5 Å². The van der Waals surface area contributed by atoms with Gasteiger partial charge in [-0.1, -0.05) is 0 Å². The molecule has 2 aromatic carbocycles. The van der Waals surface area contributed by atoms with Crippen molar-refractivity contribution in [2.24, 2.45) is 14.1 Å². The van der Waals surface area contributed by atoms with Gasteiger partial charge in [-0.15, -0.1) is 0 Å². The van der Waals surface area contributed by atoms with Crippen molar-refractivity contribution in [1.29, 1.82) is 0 Å². The van der Waals surface area contributed by atoms with Crippen LogP contribution in [0.4, 0.5) is 5.69 Å². The standard InChI is InChI=1S/C28H31N5O6/c1-30-22-16-21(29-26(22)27(35)31(2)28(30)36)18-5-10-23(24(15-18)38-4)39-17-25(34)33-13-11-32(12-14-33)19-6-8-20(37-3)9-7-19/h5-10,15-16,29H,11-14,17H2,1-4H3. The number of ether oxygens (including phenoxy) is 3. The van der Waals surface area contributed by atoms with E-state index in [1.165, 1.54) is 18.7 Å². The summed E-state index contributed by atoms with van der Waals surface area (Å²) in [5.74, 6) is 1.60. The van der Waals surface area contributed by atoms with Gasteiger partial charge < -0.3 is 29.0 Å². The number of hydrogen-bond acceptors (Lipinski definition) is 7. The second-order valence-electron chi connectivity index (χ2n) is 9.37. The third-order valence-corrected chi connectivity index (χ3v) is 7.15. The number of carbonyl (C=O) groups excluding carboxylic acids is 1. The minimum atomic E-state index is -0.397. The van der Waals surface area contributed by atoms with Crippen LogP contribution in [0.5, 0.6) is 17.2 Å². The van der Waals surface area contributed by atoms with Crippen LogP contribution in [0.2, 0.25) is 0 Å². The fraction of sp³-hybridized carbons (Fsp3) is 0.321. The fourth-order valence-electron chi connectivity index (χ4n) is 4.80. The molecule has 1 N–H and O–H groups in total. The smallest absolute Gasteiger partial charge is 0.331 e. The molecule has 0 spiro atoms. The second kappa shape index (κ2) is 10.6. The minimum absolute atomic E-state index is 0.0945. The number of carbonyl (C=O) groups is 1. The molecule has 2 aromatic heterocycles. The number of piperazine rings is 1. The summed E-state index contributed by atoms with van der Waals surface area (Å²) in [5.41, 5.74) is 2.55. The molecule has 1 fully saturated rings. The minimum Gasteiger partial charge on any atom is -0.497 e. The maximum atomic E-state index is 12.9. The van der Waals surface area contributed by atoms with Crippen molar-refractivity contribution >= 4 is 22.6 Å². The predicted molar refractivity (Wildman–Crippen MR) is 148 cm³/mol. The molecule has 11 heteroatoms. The molecule has 204 valence electrons. The highest BCUT2D eigenvalue weighted by Crippen LogP contribution is 2.33. The molecule has 1 saturated heterocycles. The summed E-state index contributed by atoms with van der Waals surface area (Å²) in [7, 11) is 6.23. The van der Waals surface area contributed by atoms with Gasteiger partial charge in [-0.25, -0.2) is 4.79 Å². The molecule has 0 bridgehead atoms. The van der Waals surface area contributed by atoms with Crippen LogP contribution in [0.25, 0.3) is 22.3 Å². The number of hydrogen-bond donors (Lipinski definition) is 1. The number of aryl methyl sites for hydroxylation is 1. The van der Waals surface area contributed by atoms with E-state index in [2.05, 4.69) is 9.88 Å². The van der Waals surface area contributed by atoms with E-state index in [4.69, 9.17) is 14.2 Å². The number of aromatic nitrogens is 3. The SMILES string of the molecule is COc1ccc(N2CCN(C(=O)COc3ccc(-c4cc5c([nH]4)c(=O)n(C)c(=O)n5C)cc3OC)CC2)cc1. The molecule has 39 heavy (non-hydrogen) atoms. The third-order valence-electron chi connectivity index (χ3n) is 7.15. The monoisotopic (exact) mass is 533 g/mol. The van der Waals surface area contributed by atoms with E-state index in [9.17, 15) is 14.4 Å². The van der Waals surface area contributed by atoms with E-state index < -0.39 is 11.2 Å². The lowest BCUT2D eigenvalue weighted by atomic mass is 10.1. The quantitative estimate of drug-likeness (QED) is 0.387. The molecule has 0 radical (unpaired) electrons. The highest BCUT2D eigenvalue weighted by Gasteiger charge is 2.22. The number of rotatable bonds is 7. The maximum Gasteiger partial charge on any atom is 0.331 e. The van der Waals surface area contributed by atoms with E-state index in [-0.39, 0.29) is 12.5 Å². The summed E-state index contributed by atoms with van der Waals surface area (Å²) in [5, 5.41) is 0. The number of amides is 1. The Hall–Kier alpha value is -4.67. The number of aromatic amines is 1. The van der Waals surface area contributed by atoms with Gasteiger partial charge >= 0.3 is 5.69 Å². The Balaban J connectivity index is 1.24. The van der Waals surface area contributed by atoms with Crippen molar-refractivity contribution in [3.05, 3.63) is 69.4 Å². The van der Waals surface area contributed by atoms with E-state index >= 15 is 0 Å². The molecule has 0 unspecified atom stereocenters. The molecule has 0 aliphatic carbocycles. The Bertz CT molecular complexity index is 1630. The summed E-state index contributed by atoms with van der Waals surface area (Å²) >= 11 is 0. The molecule has 5 rings (SSSR count). The summed E-state index contributed by atoms with van der Waals surface area (Å²) in [6, 6.07) is 15.0. The first-order valence-corrected chi connectivity index (χ1v) is 12.6. The van der Waals surface area contributed by atoms with Crippen LogP contribution in [0.1, 0.15) is 0 Å². The predicted octanol–water partition coefficient (Wildman–Crippen LogP) is 1.98. The van der Waals surface area contributed by atoms with Gasteiger partial charge in [0.05, 0.1) is 19.7 Å². The largest absolute Gasteiger partial charge is 0.497 e. The van der Waals surface area contributed by atoms with Crippen LogP contribution < -0.4 is 30.4 Å². The first-order valence-electron chi connectivity index (χ1n) is 12.6. The highest BCUT2D eigenvalue weighted by atomic mass is 16.5. The van der Waals surface area contributed by atoms with Crippen LogP contribution >= 0.6 is 0 Å². The van der Waals surface area contributed by atoms with Crippen molar-refractivity contribution in [3.63, 3.8) is 0 Å². The topological polar surface area (TPSA) is 111 Å². The molecule has 1 aliphatic rings. The number of H-pyrrole nitrogens is 1. The average Bonchev–Trinajstić information content (AvgIpc) is 3.43. The highest BCUT2D eigenvalue weighted by molar-refractivity contribution is 5.83. The van der Waals surface area contributed by atoms with Crippen molar-refractivity contribution in [1.82, 2.24) is 19.0 Å². The zero-order valence-electron chi connectivity index (χ0n) is 22.4. The van der Waals surface area contributed by atoms with E-state index in [0.717, 1.165) is 34.7 Å². The Morgan fingerprint density at radius 1 is 0.872 bits per heavy atom. The zero-order valence-corrected chi connectivity index (χ0v) is 22.4. The Morgan fingerprint density at radius 2 is 1.59 bits per heavy atom. The first kappa shape index (κ1) is 26.0. The molecular weight excluding hydrogens is 502 g/mol. The molecule has 1 amide bonds. The van der Waals surface area contributed by atoms with Crippen LogP contribution in [-0.4, -0.2) is 71.9 Å². The lowest BCUT2D eigenvalue weighted by Crippen LogP contribution is -2.50. The number of fused-ring (bicyclic) bond motifs is 1. The van der Waals surface area contributed by atoms with Gasteiger partial charge in [-0.05, 0) is 48.5 Å². The van der Waals surface area contributed by atoms with Gasteiger partial charge in [-0.3, -0.25) is 18.7 Å². The van der Waals surface area contributed by atoms with Crippen molar-refractivity contribution in [2.75, 3.05) is 51.9 Å². The van der Waals surface area contributed by atoms with E-state index in [1.807, 2.05) is 30.3 Å². The zero-order chi connectivity index (χ0) is 27.7. The summed E-state index contributed by atoms with van der Waals surface area (Å²) < 4.78 is 19.1. The van der Waals surface area contributed by atoms with Crippen molar-refractivity contribution < 1.29 is 19.0 Å². The average molecular weight is 534 g/mol. The van der Waals surface area contributed by atoms with Crippen LogP contribution in [-0.2, 0) is 18.9 Å². The molecule has 3 heterocycles. The molecule has 0 atom stereocenters. The van der Waals surface area contributed by atoms with Crippen molar-refractivity contribution in [3.8, 4) is 28.5 Å². The molecule has 0 saturated carbocycles. The summed E-state index contributed by atoms with van der Waals surface area (Å²) in [6.07, 6.45) is 0. The summed E-state index contributed by atoms with van der Waals surface area (Å²) in [4.78, 5) is 44.8. The van der Waals surface area contributed by atoms with Gasteiger partial charge in [0.2, 0.25) is 0 Å². The third kappa shape index (κ3) is 4.95. The number of benzene rings is 2. The maximum absolute atomic E-state index is 12.9. The van der Waals surface area contributed by atoms with Crippen LogP contribution in [0.15, 0.2) is 58.1 Å². The molecule has 1 aliphatic heterocycles. The lowest BCUT2D eigenvalue weighted by molar-refractivity contribution is -0.133. The summed E-state index contributed by atoms with van der Waals surface area (Å²) in [6.45, 7) is 2.56. The lowest BCUT2D eigenvalue weighted by Gasteiger charge is -2.36. The van der Waals surface area contributed by atoms with Crippen LogP contribution in [0, 0.1) is 0 Å². The van der Waals surface area contributed by atoms with Crippen molar-refractivity contribution in [2.45, 2.75) is 0 Å². The van der Waals surface area contributed by atoms with Crippen LogP contribution in [0.3, 0.4) is 0 Å². The number of nitrogens with zero attached hydrogens (tertiary/aromatic N) is 4. The molecule has 11 nitrogen and oxygen atoms in total. The molecule has 4 aromatic rings. The van der Waals surface area contributed by atoms with Gasteiger partial charge in [0.15, 0.2) is 18.1 Å². The Kier molecular flexibility index (Phi) is 7.05. The number of anilines is 1. The van der Waals surface area contributed by atoms with Gasteiger partial charge in [-0.2, -0.15) is 0 Å². The van der Waals surface area contributed by atoms with Gasteiger partial charge in [0, 0.05) is 57.2 Å². The Labute approximate surface area is 224 Å². The normalized spacial score (nSPS) is 13.5. The molecular formula is C28H31N5O6.